The van der Waals surface area contributed by atoms with E-state index < -0.39 is 0 Å². The highest BCUT2D eigenvalue weighted by atomic mass is 16.6. The Morgan fingerprint density at radius 2 is 1.14 bits per heavy atom. The predicted octanol–water partition coefficient (Wildman–Crippen LogP) is -0.936. The van der Waals surface area contributed by atoms with E-state index in [2.05, 4.69) is 5.32 Å². The molecule has 8 nitrogen and oxygen atoms in total. The molecule has 21 heavy (non-hydrogen) atoms. The van der Waals surface area contributed by atoms with E-state index in [4.69, 9.17) is 24.7 Å². The molecule has 3 N–H and O–H groups in total. The third-order valence-corrected chi connectivity index (χ3v) is 2.36. The van der Waals surface area contributed by atoms with Gasteiger partial charge in [-0.3, -0.25) is 9.59 Å². The summed E-state index contributed by atoms with van der Waals surface area (Å²) in [5.74, 6) is -0.413. The molecule has 0 rings (SSSR count). The van der Waals surface area contributed by atoms with Gasteiger partial charge < -0.3 is 30.0 Å². The summed E-state index contributed by atoms with van der Waals surface area (Å²) in [4.78, 5) is 21.3. The number of nitrogens with two attached hydrogens (primary N) is 1. The van der Waals surface area contributed by atoms with E-state index >= 15 is 0 Å². The van der Waals surface area contributed by atoms with Crippen LogP contribution in [0.2, 0.25) is 0 Å². The van der Waals surface area contributed by atoms with Gasteiger partial charge in [-0.25, -0.2) is 0 Å². The molecule has 2 amide bonds. The standard InChI is InChI=1S/C13H26N2O6/c1-15-13(17)3-5-19-7-9-21-11-10-20-8-6-18-4-2-12(14)16/h2-11H2,1H3,(H2,14,16)(H,15,17). The molecular weight excluding hydrogens is 280 g/mol. The third kappa shape index (κ3) is 16.7. The molecule has 0 aliphatic heterocycles. The van der Waals surface area contributed by atoms with Crippen molar-refractivity contribution >= 4 is 11.8 Å². The first-order chi connectivity index (χ1) is 10.2. The average molecular weight is 306 g/mol. The van der Waals surface area contributed by atoms with Crippen LogP contribution in [-0.2, 0) is 28.5 Å². The van der Waals surface area contributed by atoms with Crippen LogP contribution in [0.15, 0.2) is 0 Å². The molecule has 124 valence electrons. The summed E-state index contributed by atoms with van der Waals surface area (Å²) in [5.41, 5.74) is 4.96. The van der Waals surface area contributed by atoms with E-state index in [9.17, 15) is 9.59 Å². The van der Waals surface area contributed by atoms with Crippen LogP contribution >= 0.6 is 0 Å². The molecule has 0 aliphatic rings. The van der Waals surface area contributed by atoms with Gasteiger partial charge in [-0.15, -0.1) is 0 Å². The Balaban J connectivity index is 3.02. The first kappa shape index (κ1) is 19.8. The monoisotopic (exact) mass is 306 g/mol. The lowest BCUT2D eigenvalue weighted by Gasteiger charge is -2.07. The Kier molecular flexibility index (Phi) is 14.3. The first-order valence-electron chi connectivity index (χ1n) is 6.96. The second-order valence-corrected chi connectivity index (χ2v) is 4.09. The molecule has 0 radical (unpaired) electrons. The molecule has 0 saturated carbocycles. The maximum Gasteiger partial charge on any atom is 0.222 e. The smallest absolute Gasteiger partial charge is 0.222 e. The number of nitrogens with one attached hydrogen (secondary N) is 1. The van der Waals surface area contributed by atoms with Crippen molar-refractivity contribution in [3.8, 4) is 0 Å². The minimum atomic E-state index is -0.373. The van der Waals surface area contributed by atoms with Crippen LogP contribution < -0.4 is 11.1 Å². The van der Waals surface area contributed by atoms with Crippen LogP contribution in [0.1, 0.15) is 12.8 Å². The second-order valence-electron chi connectivity index (χ2n) is 4.09. The van der Waals surface area contributed by atoms with Gasteiger partial charge in [0.1, 0.15) is 0 Å². The summed E-state index contributed by atoms with van der Waals surface area (Å²) in [7, 11) is 1.59. The van der Waals surface area contributed by atoms with Gasteiger partial charge in [0.05, 0.1) is 52.9 Å². The van der Waals surface area contributed by atoms with Crippen molar-refractivity contribution < 1.29 is 28.5 Å². The largest absolute Gasteiger partial charge is 0.379 e. The Morgan fingerprint density at radius 3 is 1.52 bits per heavy atom. The molecule has 8 heteroatoms. The van der Waals surface area contributed by atoms with Crippen LogP contribution in [0, 0.1) is 0 Å². The number of amides is 2. The van der Waals surface area contributed by atoms with Gasteiger partial charge in [0, 0.05) is 19.9 Å². The summed E-state index contributed by atoms with van der Waals surface area (Å²) in [5, 5.41) is 2.51. The Hall–Kier alpha value is -1.22. The number of hydrogen-bond donors (Lipinski definition) is 2. The second kappa shape index (κ2) is 15.2. The number of carbonyl (C=O) groups excluding carboxylic acids is 2. The van der Waals surface area contributed by atoms with Gasteiger partial charge >= 0.3 is 0 Å². The SMILES string of the molecule is CNC(=O)CCOCCOCCOCCOCCC(N)=O. The van der Waals surface area contributed by atoms with Crippen LogP contribution in [0.5, 0.6) is 0 Å². The van der Waals surface area contributed by atoms with E-state index in [1.807, 2.05) is 0 Å². The van der Waals surface area contributed by atoms with Crippen molar-refractivity contribution in [1.82, 2.24) is 5.32 Å². The fraction of sp³-hybridized carbons (Fsp3) is 0.846. The van der Waals surface area contributed by atoms with Gasteiger partial charge in [-0.2, -0.15) is 0 Å². The van der Waals surface area contributed by atoms with Crippen molar-refractivity contribution in [3.63, 3.8) is 0 Å². The van der Waals surface area contributed by atoms with Crippen molar-refractivity contribution in [3.05, 3.63) is 0 Å². The highest BCUT2D eigenvalue weighted by molar-refractivity contribution is 5.75. The lowest BCUT2D eigenvalue weighted by atomic mass is 10.4. The lowest BCUT2D eigenvalue weighted by molar-refractivity contribution is -0.122. The fourth-order valence-corrected chi connectivity index (χ4v) is 1.22. The van der Waals surface area contributed by atoms with Crippen molar-refractivity contribution in [2.45, 2.75) is 12.8 Å². The summed E-state index contributed by atoms with van der Waals surface area (Å²) < 4.78 is 20.9. The normalized spacial score (nSPS) is 10.5. The highest BCUT2D eigenvalue weighted by Gasteiger charge is 1.97. The van der Waals surface area contributed by atoms with E-state index in [0.29, 0.717) is 59.3 Å². The minimum Gasteiger partial charge on any atom is -0.379 e. The molecule has 0 unspecified atom stereocenters. The molecule has 0 atom stereocenters. The quantitative estimate of drug-likeness (QED) is 0.378. The van der Waals surface area contributed by atoms with Gasteiger partial charge in [-0.1, -0.05) is 0 Å². The summed E-state index contributed by atoms with van der Waals surface area (Å²) in [6.45, 7) is 3.45. The predicted molar refractivity (Wildman–Crippen MR) is 75.8 cm³/mol. The maximum atomic E-state index is 10.9. The minimum absolute atomic E-state index is 0.0395. The summed E-state index contributed by atoms with van der Waals surface area (Å²) >= 11 is 0. The number of hydrogen-bond acceptors (Lipinski definition) is 6. The van der Waals surface area contributed by atoms with Gasteiger partial charge in [0.25, 0.3) is 0 Å². The van der Waals surface area contributed by atoms with Gasteiger partial charge in [0.15, 0.2) is 0 Å². The van der Waals surface area contributed by atoms with E-state index in [1.165, 1.54) is 0 Å². The van der Waals surface area contributed by atoms with E-state index in [-0.39, 0.29) is 18.2 Å². The number of carbonyl (C=O) groups is 2. The number of ether oxygens (including phenoxy) is 4. The Morgan fingerprint density at radius 1 is 0.762 bits per heavy atom. The molecule has 0 saturated heterocycles. The Labute approximate surface area is 125 Å². The third-order valence-electron chi connectivity index (χ3n) is 2.36. The molecule has 0 fully saturated rings. The molecular formula is C13H26N2O6. The molecule has 0 aromatic rings. The van der Waals surface area contributed by atoms with E-state index in [1.54, 1.807) is 7.05 Å². The van der Waals surface area contributed by atoms with Crippen LogP contribution in [-0.4, -0.2) is 71.7 Å². The van der Waals surface area contributed by atoms with Crippen LogP contribution in [0.4, 0.5) is 0 Å². The Bertz CT molecular complexity index is 275. The van der Waals surface area contributed by atoms with Crippen LogP contribution in [0.3, 0.4) is 0 Å². The zero-order chi connectivity index (χ0) is 15.8. The molecule has 0 heterocycles. The molecule has 0 aliphatic carbocycles. The number of rotatable bonds is 15. The molecule has 0 aromatic carbocycles. The number of primary amides is 1. The van der Waals surface area contributed by atoms with Crippen molar-refractivity contribution in [1.29, 1.82) is 0 Å². The average Bonchev–Trinajstić information content (AvgIpc) is 2.46. The summed E-state index contributed by atoms with van der Waals surface area (Å²) in [6.07, 6.45) is 0.582. The highest BCUT2D eigenvalue weighted by Crippen LogP contribution is 1.86. The van der Waals surface area contributed by atoms with Gasteiger partial charge in [0.2, 0.25) is 11.8 Å². The maximum absolute atomic E-state index is 10.9. The topological polar surface area (TPSA) is 109 Å². The van der Waals surface area contributed by atoms with Crippen molar-refractivity contribution in [2.75, 3.05) is 59.9 Å². The molecule has 0 spiro atoms. The molecule has 0 bridgehead atoms. The van der Waals surface area contributed by atoms with E-state index in [0.717, 1.165) is 0 Å². The van der Waals surface area contributed by atoms with Gasteiger partial charge in [-0.05, 0) is 0 Å². The lowest BCUT2D eigenvalue weighted by Crippen LogP contribution is -2.20. The zero-order valence-corrected chi connectivity index (χ0v) is 12.6. The van der Waals surface area contributed by atoms with Crippen molar-refractivity contribution in [2.24, 2.45) is 5.73 Å². The first-order valence-corrected chi connectivity index (χ1v) is 6.96. The fourth-order valence-electron chi connectivity index (χ4n) is 1.22. The molecule has 0 aromatic heterocycles. The summed E-state index contributed by atoms with van der Waals surface area (Å²) in [6, 6.07) is 0. The zero-order valence-electron chi connectivity index (χ0n) is 12.6. The van der Waals surface area contributed by atoms with Crippen LogP contribution in [0.25, 0.3) is 0 Å².